The van der Waals surface area contributed by atoms with E-state index in [0.717, 1.165) is 0 Å². The van der Waals surface area contributed by atoms with Crippen molar-refractivity contribution in [1.82, 2.24) is 0 Å². The maximum Gasteiger partial charge on any atom is 2.00 e. The molecular formula is C15H11Ti+. The maximum absolute atomic E-state index is 2.24. The van der Waals surface area contributed by atoms with Crippen molar-refractivity contribution in [3.05, 3.63) is 66.7 Å². The summed E-state index contributed by atoms with van der Waals surface area (Å²) in [6.07, 6.45) is 0. The van der Waals surface area contributed by atoms with E-state index in [0.29, 0.717) is 0 Å². The number of hydrogen-bond donors (Lipinski definition) is 0. The van der Waals surface area contributed by atoms with Crippen molar-refractivity contribution in [2.45, 2.75) is 0 Å². The van der Waals surface area contributed by atoms with Gasteiger partial charge in [-0.2, -0.15) is 17.5 Å². The monoisotopic (exact) mass is 239 g/mol. The van der Waals surface area contributed by atoms with Crippen molar-refractivity contribution in [1.29, 1.82) is 0 Å². The van der Waals surface area contributed by atoms with E-state index >= 15 is 0 Å². The fourth-order valence-corrected chi connectivity index (χ4v) is 1.94. The van der Waals surface area contributed by atoms with E-state index in [2.05, 4.69) is 60.7 Å². The summed E-state index contributed by atoms with van der Waals surface area (Å²) in [6, 6.07) is 23.5. The van der Waals surface area contributed by atoms with E-state index in [1.165, 1.54) is 21.9 Å². The number of hydrogen-bond acceptors (Lipinski definition) is 0. The Kier molecular flexibility index (Phi) is 3.33. The van der Waals surface area contributed by atoms with E-state index in [1.807, 2.05) is 6.07 Å². The van der Waals surface area contributed by atoms with Gasteiger partial charge in [-0.25, -0.2) is 0 Å². The van der Waals surface area contributed by atoms with Crippen molar-refractivity contribution in [3.8, 4) is 11.1 Å². The third-order valence-electron chi connectivity index (χ3n) is 2.75. The molecule has 3 aromatic carbocycles. The summed E-state index contributed by atoms with van der Waals surface area (Å²) in [5, 5.41) is 2.63. The molecule has 16 heavy (non-hydrogen) atoms. The molecule has 0 radical (unpaired) electrons. The third-order valence-corrected chi connectivity index (χ3v) is 2.75. The Bertz CT molecular complexity index is 578. The maximum atomic E-state index is 2.24. The second-order valence-corrected chi connectivity index (χ2v) is 3.74. The first-order valence-electron chi connectivity index (χ1n) is 5.14. The van der Waals surface area contributed by atoms with Crippen LogP contribution in [0.15, 0.2) is 66.7 Å². The Morgan fingerprint density at radius 1 is 0.750 bits per heavy atom. The van der Waals surface area contributed by atoms with E-state index in [1.54, 1.807) is 0 Å². The topological polar surface area (TPSA) is 0 Å². The predicted octanol–water partition coefficient (Wildman–Crippen LogP) is 4.22. The van der Waals surface area contributed by atoms with Gasteiger partial charge >= 0.3 is 21.7 Å². The SMILES string of the molecule is [Ti+2].c1ccc(-c2ccc3[cH-]ccc3c2)cc1. The summed E-state index contributed by atoms with van der Waals surface area (Å²) in [7, 11) is 0. The first-order valence-corrected chi connectivity index (χ1v) is 5.14. The van der Waals surface area contributed by atoms with Crippen molar-refractivity contribution in [3.63, 3.8) is 0 Å². The number of rotatable bonds is 1. The van der Waals surface area contributed by atoms with Gasteiger partial charge < -0.3 is 0 Å². The first kappa shape index (κ1) is 11.3. The van der Waals surface area contributed by atoms with Gasteiger partial charge in [-0.05, 0) is 11.1 Å². The molecule has 0 aliphatic rings. The minimum absolute atomic E-state index is 0. The van der Waals surface area contributed by atoms with Crippen LogP contribution in [0.4, 0.5) is 0 Å². The molecule has 0 aliphatic heterocycles. The van der Waals surface area contributed by atoms with Crippen LogP contribution in [-0.2, 0) is 21.7 Å². The van der Waals surface area contributed by atoms with Gasteiger partial charge in [0.15, 0.2) is 0 Å². The van der Waals surface area contributed by atoms with Gasteiger partial charge in [0.05, 0.1) is 0 Å². The Hall–Kier alpha value is -1.24. The summed E-state index contributed by atoms with van der Waals surface area (Å²) in [5.74, 6) is 0. The standard InChI is InChI=1S/C15H11.Ti/c1-2-5-12(6-3-1)15-10-9-13-7-4-8-14(13)11-15;/h1-11H;/q-1;+2. The summed E-state index contributed by atoms with van der Waals surface area (Å²) >= 11 is 0. The van der Waals surface area contributed by atoms with Crippen molar-refractivity contribution >= 4 is 10.8 Å². The van der Waals surface area contributed by atoms with Crippen LogP contribution in [0, 0.1) is 0 Å². The van der Waals surface area contributed by atoms with Crippen LogP contribution in [0.3, 0.4) is 0 Å². The van der Waals surface area contributed by atoms with Crippen molar-refractivity contribution in [2.75, 3.05) is 0 Å². The molecule has 3 aromatic rings. The minimum Gasteiger partial charge on any atom is -0.168 e. The number of fused-ring (bicyclic) bond motifs is 1. The molecule has 0 bridgehead atoms. The Morgan fingerprint density at radius 3 is 2.38 bits per heavy atom. The molecule has 0 aliphatic carbocycles. The number of benzene rings is 2. The fourth-order valence-electron chi connectivity index (χ4n) is 1.94. The van der Waals surface area contributed by atoms with E-state index in [-0.39, 0.29) is 21.7 Å². The molecule has 0 spiro atoms. The molecule has 74 valence electrons. The molecule has 1 heteroatoms. The van der Waals surface area contributed by atoms with Gasteiger partial charge in [-0.1, -0.05) is 42.5 Å². The molecule has 0 saturated heterocycles. The van der Waals surface area contributed by atoms with Crippen LogP contribution in [0.2, 0.25) is 0 Å². The minimum atomic E-state index is 0. The predicted molar refractivity (Wildman–Crippen MR) is 65.0 cm³/mol. The molecule has 3 rings (SSSR count). The molecule has 0 fully saturated rings. The summed E-state index contributed by atoms with van der Waals surface area (Å²) < 4.78 is 0. The van der Waals surface area contributed by atoms with Gasteiger partial charge in [-0.3, -0.25) is 0 Å². The Labute approximate surface area is 110 Å². The van der Waals surface area contributed by atoms with Crippen molar-refractivity contribution < 1.29 is 21.7 Å². The first-order chi connectivity index (χ1) is 7.43. The zero-order chi connectivity index (χ0) is 10.1. The van der Waals surface area contributed by atoms with Crippen LogP contribution in [0.5, 0.6) is 0 Å². The molecule has 0 nitrogen and oxygen atoms in total. The zero-order valence-electron chi connectivity index (χ0n) is 8.85. The molecule has 0 unspecified atom stereocenters. The van der Waals surface area contributed by atoms with Crippen LogP contribution in [-0.4, -0.2) is 0 Å². The van der Waals surface area contributed by atoms with Crippen molar-refractivity contribution in [2.24, 2.45) is 0 Å². The normalized spacial score (nSPS) is 10.0. The molecule has 0 heterocycles. The van der Waals surface area contributed by atoms with Gasteiger partial charge in [0.25, 0.3) is 0 Å². The van der Waals surface area contributed by atoms with Gasteiger partial charge in [0.2, 0.25) is 0 Å². The summed E-state index contributed by atoms with van der Waals surface area (Å²) in [6.45, 7) is 0. The quantitative estimate of drug-likeness (QED) is 0.440. The van der Waals surface area contributed by atoms with Crippen LogP contribution in [0.25, 0.3) is 21.9 Å². The van der Waals surface area contributed by atoms with Gasteiger partial charge in [0.1, 0.15) is 0 Å². The average Bonchev–Trinajstić information content (AvgIpc) is 2.77. The molecule has 0 atom stereocenters. The van der Waals surface area contributed by atoms with Crippen LogP contribution in [0.1, 0.15) is 0 Å². The average molecular weight is 239 g/mol. The molecule has 0 N–H and O–H groups in total. The Morgan fingerprint density at radius 2 is 1.56 bits per heavy atom. The third kappa shape index (κ3) is 1.99. The largest absolute Gasteiger partial charge is 2.00 e. The zero-order valence-corrected chi connectivity index (χ0v) is 10.4. The Balaban J connectivity index is 0.000000963. The molecule has 0 saturated carbocycles. The van der Waals surface area contributed by atoms with Gasteiger partial charge in [-0.15, -0.1) is 17.5 Å². The van der Waals surface area contributed by atoms with E-state index < -0.39 is 0 Å². The second kappa shape index (κ2) is 4.73. The molecule has 0 amide bonds. The summed E-state index contributed by atoms with van der Waals surface area (Å²) in [5.41, 5.74) is 2.56. The van der Waals surface area contributed by atoms with E-state index in [9.17, 15) is 0 Å². The smallest absolute Gasteiger partial charge is 0.168 e. The molecular weight excluding hydrogens is 228 g/mol. The summed E-state index contributed by atoms with van der Waals surface area (Å²) in [4.78, 5) is 0. The van der Waals surface area contributed by atoms with E-state index in [4.69, 9.17) is 0 Å². The van der Waals surface area contributed by atoms with Crippen LogP contribution < -0.4 is 0 Å². The van der Waals surface area contributed by atoms with Crippen LogP contribution >= 0.6 is 0 Å². The second-order valence-electron chi connectivity index (χ2n) is 3.74. The molecule has 0 aromatic heterocycles. The van der Waals surface area contributed by atoms with Gasteiger partial charge in [0, 0.05) is 0 Å². The fraction of sp³-hybridized carbons (Fsp3) is 0.